The molecule has 1 aromatic carbocycles. The first-order valence-corrected chi connectivity index (χ1v) is 6.97. The summed E-state index contributed by atoms with van der Waals surface area (Å²) < 4.78 is 0. The summed E-state index contributed by atoms with van der Waals surface area (Å²) in [6.45, 7) is 5.38. The lowest BCUT2D eigenvalue weighted by molar-refractivity contribution is -0.121. The minimum atomic E-state index is -0.0898. The van der Waals surface area contributed by atoms with E-state index in [0.717, 1.165) is 19.4 Å². The number of rotatable bonds is 4. The van der Waals surface area contributed by atoms with Crippen molar-refractivity contribution in [2.75, 3.05) is 11.4 Å². The topological polar surface area (TPSA) is 58.4 Å². The number of benzene rings is 1. The van der Waals surface area contributed by atoms with Crippen LogP contribution in [0.3, 0.4) is 0 Å². The Morgan fingerprint density at radius 2 is 2.32 bits per heavy atom. The molecule has 0 saturated heterocycles. The van der Waals surface area contributed by atoms with Crippen LogP contribution >= 0.6 is 0 Å². The van der Waals surface area contributed by atoms with Crippen LogP contribution in [0.25, 0.3) is 0 Å². The van der Waals surface area contributed by atoms with Crippen molar-refractivity contribution in [2.45, 2.75) is 45.6 Å². The zero-order chi connectivity index (χ0) is 13.8. The number of carbonyl (C=O) groups excluding carboxylic acids is 1. The average molecular weight is 261 g/mol. The van der Waals surface area contributed by atoms with Crippen molar-refractivity contribution in [1.29, 1.82) is 0 Å². The van der Waals surface area contributed by atoms with Gasteiger partial charge in [-0.25, -0.2) is 5.84 Å². The van der Waals surface area contributed by atoms with Crippen LogP contribution in [0.2, 0.25) is 0 Å². The number of aryl methyl sites for hydroxylation is 2. The van der Waals surface area contributed by atoms with Crippen molar-refractivity contribution in [3.05, 3.63) is 29.3 Å². The van der Waals surface area contributed by atoms with Gasteiger partial charge in [0.2, 0.25) is 5.91 Å². The molecule has 0 fully saturated rings. The van der Waals surface area contributed by atoms with Crippen LogP contribution in [0.5, 0.6) is 0 Å². The molecule has 4 nitrogen and oxygen atoms in total. The molecule has 3 N–H and O–H groups in total. The number of nitrogens with two attached hydrogens (primary N) is 1. The summed E-state index contributed by atoms with van der Waals surface area (Å²) in [5, 5.41) is 0. The van der Waals surface area contributed by atoms with Gasteiger partial charge in [-0.3, -0.25) is 10.2 Å². The fraction of sp³-hybridized carbons (Fsp3) is 0.533. The fourth-order valence-electron chi connectivity index (χ4n) is 2.78. The zero-order valence-electron chi connectivity index (χ0n) is 11.8. The van der Waals surface area contributed by atoms with Crippen LogP contribution in [0, 0.1) is 6.92 Å². The van der Waals surface area contributed by atoms with Crippen LogP contribution in [-0.4, -0.2) is 18.5 Å². The normalized spacial score (nSPS) is 15.8. The minimum Gasteiger partial charge on any atom is -0.369 e. The Morgan fingerprint density at radius 3 is 3.05 bits per heavy atom. The lowest BCUT2D eigenvalue weighted by Gasteiger charge is -2.36. The van der Waals surface area contributed by atoms with Crippen molar-refractivity contribution < 1.29 is 4.79 Å². The maximum atomic E-state index is 11.2. The van der Waals surface area contributed by atoms with Crippen LogP contribution in [0.4, 0.5) is 5.69 Å². The Morgan fingerprint density at radius 1 is 1.53 bits per heavy atom. The minimum absolute atomic E-state index is 0.0898. The van der Waals surface area contributed by atoms with E-state index in [4.69, 9.17) is 5.84 Å². The molecule has 1 amide bonds. The van der Waals surface area contributed by atoms with Crippen molar-refractivity contribution in [3.63, 3.8) is 0 Å². The monoisotopic (exact) mass is 261 g/mol. The molecular weight excluding hydrogens is 238 g/mol. The van der Waals surface area contributed by atoms with E-state index in [1.165, 1.54) is 23.2 Å². The largest absolute Gasteiger partial charge is 0.369 e. The maximum absolute atomic E-state index is 11.2. The van der Waals surface area contributed by atoms with Gasteiger partial charge >= 0.3 is 0 Å². The third-order valence-electron chi connectivity index (χ3n) is 3.87. The number of nitrogens with one attached hydrogen (secondary N) is 1. The van der Waals surface area contributed by atoms with Gasteiger partial charge in [0.15, 0.2) is 0 Å². The van der Waals surface area contributed by atoms with E-state index in [2.05, 4.69) is 42.4 Å². The van der Waals surface area contributed by atoms with E-state index in [0.29, 0.717) is 12.5 Å². The summed E-state index contributed by atoms with van der Waals surface area (Å²) in [4.78, 5) is 13.7. The van der Waals surface area contributed by atoms with Crippen molar-refractivity contribution in [3.8, 4) is 0 Å². The molecular formula is C15H23N3O. The number of hydrazine groups is 1. The highest BCUT2D eigenvalue weighted by atomic mass is 16.2. The predicted octanol–water partition coefficient (Wildman–Crippen LogP) is 1.91. The Labute approximate surface area is 114 Å². The Balaban J connectivity index is 2.08. The molecule has 0 spiro atoms. The number of amides is 1. The molecule has 19 heavy (non-hydrogen) atoms. The molecule has 1 aliphatic heterocycles. The summed E-state index contributed by atoms with van der Waals surface area (Å²) in [6.07, 6.45) is 3.65. The molecule has 2 rings (SSSR count). The van der Waals surface area contributed by atoms with Crippen LogP contribution in [0.1, 0.15) is 37.3 Å². The van der Waals surface area contributed by atoms with E-state index >= 15 is 0 Å². The van der Waals surface area contributed by atoms with Crippen LogP contribution in [-0.2, 0) is 11.2 Å². The average Bonchev–Trinajstić information content (AvgIpc) is 2.43. The number of fused-ring (bicyclic) bond motifs is 1. The first kappa shape index (κ1) is 13.9. The fourth-order valence-corrected chi connectivity index (χ4v) is 2.78. The van der Waals surface area contributed by atoms with Gasteiger partial charge < -0.3 is 4.90 Å². The maximum Gasteiger partial charge on any atom is 0.233 e. The molecule has 0 radical (unpaired) electrons. The van der Waals surface area contributed by atoms with Crippen LogP contribution in [0.15, 0.2) is 18.2 Å². The van der Waals surface area contributed by atoms with Gasteiger partial charge in [0, 0.05) is 24.7 Å². The highest BCUT2D eigenvalue weighted by Gasteiger charge is 2.21. The first-order chi connectivity index (χ1) is 9.11. The lowest BCUT2D eigenvalue weighted by Crippen LogP contribution is -2.38. The third-order valence-corrected chi connectivity index (χ3v) is 3.87. The van der Waals surface area contributed by atoms with Gasteiger partial charge in [0.05, 0.1) is 0 Å². The summed E-state index contributed by atoms with van der Waals surface area (Å²) in [5.74, 6) is 5.03. The second-order valence-electron chi connectivity index (χ2n) is 5.38. The smallest absolute Gasteiger partial charge is 0.233 e. The molecule has 1 unspecified atom stereocenters. The van der Waals surface area contributed by atoms with Crippen LogP contribution < -0.4 is 16.2 Å². The second kappa shape index (κ2) is 6.06. The standard InChI is InChI=1S/C15H23N3O/c1-11-5-7-14-13(10-11)4-3-9-18(14)12(2)6-8-15(19)17-16/h5,7,10,12H,3-4,6,8-9,16H2,1-2H3,(H,17,19). The SMILES string of the molecule is Cc1ccc2c(c1)CCCN2C(C)CCC(=O)NN. The Hall–Kier alpha value is -1.55. The highest BCUT2D eigenvalue weighted by Crippen LogP contribution is 2.30. The van der Waals surface area contributed by atoms with Gasteiger partial charge in [-0.05, 0) is 44.7 Å². The number of hydrogen-bond acceptors (Lipinski definition) is 3. The number of carbonyl (C=O) groups is 1. The van der Waals surface area contributed by atoms with E-state index in [-0.39, 0.29) is 5.91 Å². The van der Waals surface area contributed by atoms with Crippen molar-refractivity contribution >= 4 is 11.6 Å². The predicted molar refractivity (Wildman–Crippen MR) is 77.9 cm³/mol. The summed E-state index contributed by atoms with van der Waals surface area (Å²) >= 11 is 0. The van der Waals surface area contributed by atoms with Gasteiger partial charge in [-0.1, -0.05) is 17.7 Å². The molecule has 1 aliphatic rings. The lowest BCUT2D eigenvalue weighted by atomic mass is 9.97. The molecule has 0 aromatic heterocycles. The molecule has 1 heterocycles. The summed E-state index contributed by atoms with van der Waals surface area (Å²) in [7, 11) is 0. The van der Waals surface area contributed by atoms with Crippen molar-refractivity contribution in [2.24, 2.45) is 5.84 Å². The Kier molecular flexibility index (Phi) is 4.43. The van der Waals surface area contributed by atoms with Gasteiger partial charge in [0.1, 0.15) is 0 Å². The molecule has 1 atom stereocenters. The number of nitrogens with zero attached hydrogens (tertiary/aromatic N) is 1. The molecule has 0 saturated carbocycles. The first-order valence-electron chi connectivity index (χ1n) is 6.97. The van der Waals surface area contributed by atoms with E-state index in [9.17, 15) is 4.79 Å². The highest BCUT2D eigenvalue weighted by molar-refractivity contribution is 5.75. The van der Waals surface area contributed by atoms with Gasteiger partial charge in [0.25, 0.3) is 0 Å². The van der Waals surface area contributed by atoms with E-state index in [1.807, 2.05) is 0 Å². The Bertz CT molecular complexity index is 459. The molecule has 1 aromatic rings. The van der Waals surface area contributed by atoms with Gasteiger partial charge in [-0.15, -0.1) is 0 Å². The molecule has 104 valence electrons. The van der Waals surface area contributed by atoms with Crippen molar-refractivity contribution in [1.82, 2.24) is 5.43 Å². The van der Waals surface area contributed by atoms with E-state index in [1.54, 1.807) is 0 Å². The quantitative estimate of drug-likeness (QED) is 0.494. The second-order valence-corrected chi connectivity index (χ2v) is 5.38. The molecule has 0 aliphatic carbocycles. The molecule has 4 heteroatoms. The number of hydrogen-bond donors (Lipinski definition) is 2. The van der Waals surface area contributed by atoms with Gasteiger partial charge in [-0.2, -0.15) is 0 Å². The number of anilines is 1. The zero-order valence-corrected chi connectivity index (χ0v) is 11.8. The summed E-state index contributed by atoms with van der Waals surface area (Å²) in [6, 6.07) is 7.01. The summed E-state index contributed by atoms with van der Waals surface area (Å²) in [5.41, 5.74) is 6.27. The molecule has 0 bridgehead atoms. The third kappa shape index (κ3) is 3.26. The van der Waals surface area contributed by atoms with E-state index < -0.39 is 0 Å².